The molecule has 2 nitrogen and oxygen atoms in total. The van der Waals surface area contributed by atoms with E-state index in [0.717, 1.165) is 19.4 Å². The number of phenols is 1. The molecule has 31 heavy (non-hydrogen) atoms. The van der Waals surface area contributed by atoms with Crippen molar-refractivity contribution in [2.45, 2.75) is 111 Å². The third-order valence-corrected chi connectivity index (χ3v) is 21.6. The van der Waals surface area contributed by atoms with Gasteiger partial charge in [-0.3, -0.25) is 0 Å². The Kier molecular flexibility index (Phi) is 12.6. The van der Waals surface area contributed by atoms with E-state index >= 15 is 0 Å². The average Bonchev–Trinajstić information content (AvgIpc) is 2.79. The molecule has 1 aliphatic rings. The average molecular weight is 534 g/mol. The monoisotopic (exact) mass is 535 g/mol. The van der Waals surface area contributed by atoms with E-state index in [9.17, 15) is 5.11 Å². The van der Waals surface area contributed by atoms with Crippen LogP contribution < -0.4 is 0 Å². The van der Waals surface area contributed by atoms with E-state index in [-0.39, 0.29) is 0 Å². The maximum absolute atomic E-state index is 10.2. The second-order valence-corrected chi connectivity index (χ2v) is 22.9. The molecule has 0 saturated carbocycles. The first-order valence-corrected chi connectivity index (χ1v) is 21.0. The van der Waals surface area contributed by atoms with Gasteiger partial charge in [-0.15, -0.1) is 0 Å². The van der Waals surface area contributed by atoms with Crippen molar-refractivity contribution in [1.82, 2.24) is 4.90 Å². The molecule has 2 rings (SSSR count). The first-order valence-electron chi connectivity index (χ1n) is 13.3. The minimum absolute atomic E-state index is 0.500. The molecule has 0 heterocycles. The molecule has 1 aliphatic carbocycles. The van der Waals surface area contributed by atoms with Crippen LogP contribution in [0.4, 0.5) is 0 Å². The van der Waals surface area contributed by atoms with Crippen LogP contribution in [0, 0.1) is 0 Å². The van der Waals surface area contributed by atoms with Crippen molar-refractivity contribution in [1.29, 1.82) is 0 Å². The molecule has 0 radical (unpaired) electrons. The summed E-state index contributed by atoms with van der Waals surface area (Å²) < 4.78 is 7.53. The van der Waals surface area contributed by atoms with Crippen LogP contribution >= 0.6 is 0 Å². The number of aromatic hydroxyl groups is 1. The van der Waals surface area contributed by atoms with E-state index in [0.29, 0.717) is 11.8 Å². The third-order valence-electron chi connectivity index (χ3n) is 7.35. The van der Waals surface area contributed by atoms with Gasteiger partial charge < -0.3 is 0 Å². The molecule has 1 aromatic carbocycles. The molecule has 0 amide bonds. The zero-order chi connectivity index (χ0) is 22.5. The predicted octanol–water partition coefficient (Wildman–Crippen LogP) is 7.91. The molecule has 1 aromatic rings. The molecule has 0 aliphatic heterocycles. The zero-order valence-electron chi connectivity index (χ0n) is 21.0. The van der Waals surface area contributed by atoms with Crippen LogP contribution in [0.1, 0.15) is 90.2 Å². The van der Waals surface area contributed by atoms with Crippen molar-refractivity contribution in [2.24, 2.45) is 0 Å². The van der Waals surface area contributed by atoms with Gasteiger partial charge in [0.15, 0.2) is 0 Å². The van der Waals surface area contributed by atoms with E-state index in [1.807, 2.05) is 12.1 Å². The van der Waals surface area contributed by atoms with Gasteiger partial charge in [-0.25, -0.2) is 0 Å². The maximum atomic E-state index is 10.2. The molecule has 1 N–H and O–H groups in total. The Morgan fingerprint density at radius 1 is 0.968 bits per heavy atom. The van der Waals surface area contributed by atoms with E-state index in [1.165, 1.54) is 69.0 Å². The first kappa shape index (κ1) is 26.8. The SMILES string of the molecule is CCC[CH2][Sn](/[CH]=C/CN(CCC)[C@@H]1CCc2c(O)cccc2C1)([CH2]CCC)[CH2]CCC. The summed E-state index contributed by atoms with van der Waals surface area (Å²) in [6, 6.07) is 6.70. The molecule has 0 bridgehead atoms. The fourth-order valence-corrected chi connectivity index (χ4v) is 19.8. The number of hydrogen-bond acceptors (Lipinski definition) is 2. The number of fused-ring (bicyclic) bond motifs is 1. The Morgan fingerprint density at radius 2 is 1.61 bits per heavy atom. The van der Waals surface area contributed by atoms with Gasteiger partial charge in [0.25, 0.3) is 0 Å². The van der Waals surface area contributed by atoms with E-state index in [4.69, 9.17) is 0 Å². The van der Waals surface area contributed by atoms with Crippen molar-refractivity contribution < 1.29 is 5.11 Å². The van der Waals surface area contributed by atoms with Crippen LogP contribution in [0.2, 0.25) is 13.3 Å². The van der Waals surface area contributed by atoms with Crippen molar-refractivity contribution in [2.75, 3.05) is 13.1 Å². The van der Waals surface area contributed by atoms with Gasteiger partial charge in [0.2, 0.25) is 0 Å². The molecule has 3 heteroatoms. The number of rotatable bonds is 15. The second kappa shape index (κ2) is 14.6. The predicted molar refractivity (Wildman–Crippen MR) is 140 cm³/mol. The van der Waals surface area contributed by atoms with Gasteiger partial charge in [0, 0.05) is 0 Å². The van der Waals surface area contributed by atoms with E-state index in [1.54, 1.807) is 13.3 Å². The van der Waals surface area contributed by atoms with Crippen LogP contribution in [-0.2, 0) is 12.8 Å². The van der Waals surface area contributed by atoms with Gasteiger partial charge in [0.1, 0.15) is 0 Å². The molecule has 0 spiro atoms. The number of benzene rings is 1. The van der Waals surface area contributed by atoms with Crippen molar-refractivity contribution >= 4 is 18.4 Å². The Hall–Kier alpha value is -0.481. The summed E-state index contributed by atoms with van der Waals surface area (Å²) in [4.78, 5) is 2.74. The summed E-state index contributed by atoms with van der Waals surface area (Å²) in [5.74, 6) is 0.500. The quantitative estimate of drug-likeness (QED) is 0.231. The zero-order valence-corrected chi connectivity index (χ0v) is 23.8. The van der Waals surface area contributed by atoms with Crippen LogP contribution in [0.5, 0.6) is 5.75 Å². The van der Waals surface area contributed by atoms with Crippen LogP contribution in [0.15, 0.2) is 28.4 Å². The molecule has 0 fully saturated rings. The van der Waals surface area contributed by atoms with Crippen LogP contribution in [-0.4, -0.2) is 47.5 Å². The number of unbranched alkanes of at least 4 members (excludes halogenated alkanes) is 3. The molecular weight excluding hydrogens is 485 g/mol. The van der Waals surface area contributed by atoms with Crippen molar-refractivity contribution in [3.63, 3.8) is 0 Å². The van der Waals surface area contributed by atoms with Crippen LogP contribution in [0.3, 0.4) is 0 Å². The van der Waals surface area contributed by atoms with Gasteiger partial charge >= 0.3 is 198 Å². The molecule has 0 aromatic heterocycles. The van der Waals surface area contributed by atoms with Gasteiger partial charge in [-0.2, -0.15) is 0 Å². The Balaban J connectivity index is 2.10. The summed E-state index contributed by atoms with van der Waals surface area (Å²) in [6.07, 6.45) is 15.5. The van der Waals surface area contributed by atoms with Gasteiger partial charge in [-0.05, 0) is 0 Å². The number of hydrogen-bond donors (Lipinski definition) is 1. The number of nitrogens with zero attached hydrogens (tertiary/aromatic N) is 1. The second-order valence-electron chi connectivity index (χ2n) is 9.88. The Morgan fingerprint density at radius 3 is 2.19 bits per heavy atom. The summed E-state index contributed by atoms with van der Waals surface area (Å²) in [5, 5.41) is 10.2. The normalized spacial score (nSPS) is 16.9. The molecule has 1 atom stereocenters. The van der Waals surface area contributed by atoms with Crippen molar-refractivity contribution in [3.8, 4) is 5.75 Å². The summed E-state index contributed by atoms with van der Waals surface area (Å²) in [7, 11) is 0. The fourth-order valence-electron chi connectivity index (χ4n) is 5.44. The Labute approximate surface area is 197 Å². The fraction of sp³-hybridized carbons (Fsp3) is 0.714. The number of phenolic OH excluding ortho intramolecular Hbond substituents is 1. The third kappa shape index (κ3) is 8.42. The topological polar surface area (TPSA) is 23.5 Å². The van der Waals surface area contributed by atoms with Gasteiger partial charge in [-0.1, -0.05) is 0 Å². The molecule has 0 saturated heterocycles. The molecule has 176 valence electrons. The summed E-state index contributed by atoms with van der Waals surface area (Å²) in [6.45, 7) is 11.7. The van der Waals surface area contributed by atoms with Gasteiger partial charge in [0.05, 0.1) is 0 Å². The summed E-state index contributed by atoms with van der Waals surface area (Å²) in [5.41, 5.74) is 2.56. The first-order chi connectivity index (χ1) is 15.1. The standard InChI is InChI=1S/C16H22NO.3C4H9.Sn/c1-3-10-17(11-4-2)14-8-9-15-13(12-14)6-5-7-16(15)18;3*1-3-4-2;/h1,3,5-7,14,18H,4,8-12H2,2H3;3*1,3-4H2,2H3;/t14-;;;;/m1..../s1. The van der Waals surface area contributed by atoms with E-state index < -0.39 is 18.4 Å². The molecular formula is C28H49NOSn. The minimum atomic E-state index is -2.18. The van der Waals surface area contributed by atoms with E-state index in [2.05, 4.69) is 48.8 Å². The van der Waals surface area contributed by atoms with Crippen molar-refractivity contribution in [3.05, 3.63) is 39.5 Å². The Bertz CT molecular complexity index is 635. The summed E-state index contributed by atoms with van der Waals surface area (Å²) >= 11 is -2.18. The van der Waals surface area contributed by atoms with Crippen LogP contribution in [0.25, 0.3) is 0 Å². The molecule has 0 unspecified atom stereocenters.